The molecule has 1 aromatic heterocycles. The molecule has 2 rings (SSSR count). The molecule has 1 aliphatic rings. The number of aromatic nitrogens is 2. The Bertz CT molecular complexity index is 492. The number of nitrogens with zero attached hydrogens (tertiary/aromatic N) is 2. The van der Waals surface area contributed by atoms with E-state index in [2.05, 4.69) is 15.5 Å². The van der Waals surface area contributed by atoms with E-state index in [9.17, 15) is 9.59 Å². The molecule has 110 valence electrons. The molecule has 1 atom stereocenters. The van der Waals surface area contributed by atoms with Crippen LogP contribution < -0.4 is 5.32 Å². The van der Waals surface area contributed by atoms with Crippen LogP contribution in [0.1, 0.15) is 23.4 Å². The lowest BCUT2D eigenvalue weighted by molar-refractivity contribution is -0.142. The van der Waals surface area contributed by atoms with Crippen molar-refractivity contribution in [1.82, 2.24) is 20.4 Å². The van der Waals surface area contributed by atoms with Gasteiger partial charge in [-0.15, -0.1) is 0 Å². The number of hydrogen-bond acceptors (Lipinski definition) is 4. The van der Waals surface area contributed by atoms with Crippen molar-refractivity contribution in [3.05, 3.63) is 17.0 Å². The minimum atomic E-state index is -0.913. The van der Waals surface area contributed by atoms with E-state index in [1.165, 1.54) is 0 Å². The van der Waals surface area contributed by atoms with Crippen molar-refractivity contribution in [2.75, 3.05) is 19.6 Å². The van der Waals surface area contributed by atoms with Gasteiger partial charge in [-0.05, 0) is 25.8 Å². The normalized spacial score (nSPS) is 19.1. The number of nitrogens with one attached hydrogen (secondary N) is 2. The minimum absolute atomic E-state index is 0.00208. The van der Waals surface area contributed by atoms with Gasteiger partial charge in [-0.25, -0.2) is 0 Å². The summed E-state index contributed by atoms with van der Waals surface area (Å²) >= 11 is 0. The predicted octanol–water partition coefficient (Wildman–Crippen LogP) is -0.156. The molecule has 1 aromatic rings. The summed E-state index contributed by atoms with van der Waals surface area (Å²) in [6.07, 6.45) is 1.02. The van der Waals surface area contributed by atoms with Crippen molar-refractivity contribution in [2.24, 2.45) is 0 Å². The highest BCUT2D eigenvalue weighted by atomic mass is 16.4. The maximum absolute atomic E-state index is 12.2. The van der Waals surface area contributed by atoms with Gasteiger partial charge in [0.2, 0.25) is 5.91 Å². The summed E-state index contributed by atoms with van der Waals surface area (Å²) < 4.78 is 0. The molecule has 0 bridgehead atoms. The fourth-order valence-corrected chi connectivity index (χ4v) is 2.47. The van der Waals surface area contributed by atoms with Crippen LogP contribution >= 0.6 is 0 Å². The fourth-order valence-electron chi connectivity index (χ4n) is 2.47. The van der Waals surface area contributed by atoms with Gasteiger partial charge < -0.3 is 15.3 Å². The molecule has 0 saturated carbocycles. The highest BCUT2D eigenvalue weighted by Gasteiger charge is 2.27. The van der Waals surface area contributed by atoms with E-state index in [-0.39, 0.29) is 12.5 Å². The Kier molecular flexibility index (Phi) is 4.39. The smallest absolute Gasteiger partial charge is 0.322 e. The van der Waals surface area contributed by atoms with Crippen LogP contribution in [0, 0.1) is 13.8 Å². The Hall–Kier alpha value is -1.89. The van der Waals surface area contributed by atoms with Crippen LogP contribution in [0.5, 0.6) is 0 Å². The summed E-state index contributed by atoms with van der Waals surface area (Å²) in [5, 5.41) is 18.9. The van der Waals surface area contributed by atoms with Crippen LogP contribution in [-0.2, 0) is 16.0 Å². The molecule has 1 unspecified atom stereocenters. The summed E-state index contributed by atoms with van der Waals surface area (Å²) in [7, 11) is 0. The summed E-state index contributed by atoms with van der Waals surface area (Å²) in [4.78, 5) is 24.7. The molecule has 1 saturated heterocycles. The van der Waals surface area contributed by atoms with Crippen LogP contribution in [0.15, 0.2) is 0 Å². The van der Waals surface area contributed by atoms with E-state index >= 15 is 0 Å². The third-order valence-corrected chi connectivity index (χ3v) is 3.70. The first-order chi connectivity index (χ1) is 9.49. The fraction of sp³-hybridized carbons (Fsp3) is 0.615. The number of rotatable bonds is 4. The molecule has 0 spiro atoms. The number of H-pyrrole nitrogens is 1. The van der Waals surface area contributed by atoms with Crippen molar-refractivity contribution in [3.8, 4) is 0 Å². The summed E-state index contributed by atoms with van der Waals surface area (Å²) in [6, 6.07) is -0.662. The third-order valence-electron chi connectivity index (χ3n) is 3.70. The average molecular weight is 280 g/mol. The molecular formula is C13H20N4O3. The zero-order chi connectivity index (χ0) is 14.7. The van der Waals surface area contributed by atoms with Gasteiger partial charge in [0.1, 0.15) is 6.04 Å². The average Bonchev–Trinajstić information content (AvgIpc) is 2.75. The second-order valence-corrected chi connectivity index (χ2v) is 5.10. The minimum Gasteiger partial charge on any atom is -0.480 e. The highest BCUT2D eigenvalue weighted by Crippen LogP contribution is 2.13. The maximum atomic E-state index is 12.2. The van der Waals surface area contributed by atoms with E-state index < -0.39 is 12.0 Å². The summed E-state index contributed by atoms with van der Waals surface area (Å²) in [6.45, 7) is 5.16. The largest absolute Gasteiger partial charge is 0.480 e. The second-order valence-electron chi connectivity index (χ2n) is 5.10. The zero-order valence-electron chi connectivity index (χ0n) is 11.8. The Morgan fingerprint density at radius 1 is 1.45 bits per heavy atom. The molecule has 1 fully saturated rings. The molecule has 20 heavy (non-hydrogen) atoms. The van der Waals surface area contributed by atoms with E-state index in [1.54, 1.807) is 4.90 Å². The number of aryl methyl sites for hydroxylation is 2. The lowest BCUT2D eigenvalue weighted by atomic mass is 10.1. The van der Waals surface area contributed by atoms with Crippen LogP contribution in [0.3, 0.4) is 0 Å². The van der Waals surface area contributed by atoms with Crippen molar-refractivity contribution >= 4 is 11.9 Å². The maximum Gasteiger partial charge on any atom is 0.322 e. The van der Waals surface area contributed by atoms with E-state index in [1.807, 2.05) is 13.8 Å². The predicted molar refractivity (Wildman–Crippen MR) is 72.4 cm³/mol. The van der Waals surface area contributed by atoms with Crippen LogP contribution in [0.2, 0.25) is 0 Å². The number of aliphatic carboxylic acids is 1. The van der Waals surface area contributed by atoms with Crippen LogP contribution in [0.4, 0.5) is 0 Å². The molecule has 3 N–H and O–H groups in total. The molecule has 1 amide bonds. The van der Waals surface area contributed by atoms with Crippen LogP contribution in [-0.4, -0.2) is 57.8 Å². The number of piperazine rings is 1. The quantitative estimate of drug-likeness (QED) is 0.712. The molecule has 0 radical (unpaired) electrons. The van der Waals surface area contributed by atoms with Gasteiger partial charge in [0.25, 0.3) is 0 Å². The number of hydrogen-bond donors (Lipinski definition) is 3. The number of carboxylic acid groups (broad SMARTS) is 1. The molecule has 7 heteroatoms. The molecule has 0 aliphatic carbocycles. The SMILES string of the molecule is Cc1n[nH]c(C)c1CCC(=O)N1CCNC(C(=O)O)C1. The Balaban J connectivity index is 1.90. The zero-order valence-corrected chi connectivity index (χ0v) is 11.8. The van der Waals surface area contributed by atoms with E-state index in [0.29, 0.717) is 25.9 Å². The lowest BCUT2D eigenvalue weighted by Crippen LogP contribution is -2.55. The number of aromatic amines is 1. The van der Waals surface area contributed by atoms with Gasteiger partial charge in [0.15, 0.2) is 0 Å². The monoisotopic (exact) mass is 280 g/mol. The number of carbonyl (C=O) groups excluding carboxylic acids is 1. The van der Waals surface area contributed by atoms with E-state index in [4.69, 9.17) is 5.11 Å². The summed E-state index contributed by atoms with van der Waals surface area (Å²) in [5.74, 6) is -0.915. The Morgan fingerprint density at radius 3 is 2.80 bits per heavy atom. The number of carboxylic acids is 1. The molecule has 2 heterocycles. The van der Waals surface area contributed by atoms with Gasteiger partial charge in [0.05, 0.1) is 5.69 Å². The lowest BCUT2D eigenvalue weighted by Gasteiger charge is -2.31. The third kappa shape index (κ3) is 3.16. The van der Waals surface area contributed by atoms with Gasteiger partial charge in [0, 0.05) is 31.7 Å². The first kappa shape index (κ1) is 14.5. The van der Waals surface area contributed by atoms with Gasteiger partial charge in [-0.2, -0.15) is 5.10 Å². The van der Waals surface area contributed by atoms with Gasteiger partial charge in [-0.1, -0.05) is 0 Å². The second kappa shape index (κ2) is 6.04. The molecule has 1 aliphatic heterocycles. The van der Waals surface area contributed by atoms with E-state index in [0.717, 1.165) is 17.0 Å². The van der Waals surface area contributed by atoms with Crippen molar-refractivity contribution in [1.29, 1.82) is 0 Å². The topological polar surface area (TPSA) is 98.3 Å². The van der Waals surface area contributed by atoms with Gasteiger partial charge in [-0.3, -0.25) is 14.7 Å². The summed E-state index contributed by atoms with van der Waals surface area (Å²) in [5.41, 5.74) is 2.97. The standard InChI is InChI=1S/C13H20N4O3/c1-8-10(9(2)16-15-8)3-4-12(18)17-6-5-14-11(7-17)13(19)20/h11,14H,3-7H2,1-2H3,(H,15,16)(H,19,20). The Labute approximate surface area is 117 Å². The van der Waals surface area contributed by atoms with Crippen molar-refractivity contribution < 1.29 is 14.7 Å². The highest BCUT2D eigenvalue weighted by molar-refractivity contribution is 5.79. The van der Waals surface area contributed by atoms with Crippen LogP contribution in [0.25, 0.3) is 0 Å². The number of amides is 1. The Morgan fingerprint density at radius 2 is 2.20 bits per heavy atom. The first-order valence-corrected chi connectivity index (χ1v) is 6.73. The number of carbonyl (C=O) groups is 2. The molecule has 7 nitrogen and oxygen atoms in total. The molecular weight excluding hydrogens is 260 g/mol. The van der Waals surface area contributed by atoms with Gasteiger partial charge >= 0.3 is 5.97 Å². The van der Waals surface area contributed by atoms with Crippen molar-refractivity contribution in [3.63, 3.8) is 0 Å². The first-order valence-electron chi connectivity index (χ1n) is 6.73. The van der Waals surface area contributed by atoms with Crippen molar-refractivity contribution in [2.45, 2.75) is 32.7 Å². The molecule has 0 aromatic carbocycles.